The number of phenols is 1. The smallest absolute Gasteiger partial charge is 0.150 e. The molecule has 2 aromatic carbocycles. The first kappa shape index (κ1) is 10.6. The Hall–Kier alpha value is -2.55. The molecule has 0 bridgehead atoms. The quantitative estimate of drug-likeness (QED) is 0.694. The minimum Gasteiger partial charge on any atom is -0.508 e. The van der Waals surface area contributed by atoms with Gasteiger partial charge in [-0.05, 0) is 46.7 Å². The van der Waals surface area contributed by atoms with Crippen molar-refractivity contribution in [2.24, 2.45) is 0 Å². The van der Waals surface area contributed by atoms with E-state index in [0.717, 1.165) is 28.2 Å². The van der Waals surface area contributed by atoms with Crippen LogP contribution in [0.5, 0.6) is 5.75 Å². The van der Waals surface area contributed by atoms with Crippen LogP contribution >= 0.6 is 0 Å². The summed E-state index contributed by atoms with van der Waals surface area (Å²) in [6, 6.07) is 10.5. The molecule has 0 saturated carbocycles. The van der Waals surface area contributed by atoms with Crippen molar-refractivity contribution in [3.05, 3.63) is 54.5 Å². The van der Waals surface area contributed by atoms with Gasteiger partial charge in [-0.3, -0.25) is 4.79 Å². The van der Waals surface area contributed by atoms with Crippen LogP contribution in [0.25, 0.3) is 21.9 Å². The molecule has 1 N–H and O–H groups in total. The molecule has 1 aromatic heterocycles. The Morgan fingerprint density at radius 1 is 1.11 bits per heavy atom. The van der Waals surface area contributed by atoms with Gasteiger partial charge in [0.05, 0.1) is 12.5 Å². The average molecular weight is 238 g/mol. The first-order valence-electron chi connectivity index (χ1n) is 5.52. The molecule has 18 heavy (non-hydrogen) atoms. The van der Waals surface area contributed by atoms with E-state index in [-0.39, 0.29) is 5.75 Å². The van der Waals surface area contributed by atoms with E-state index in [1.165, 1.54) is 0 Å². The fourth-order valence-corrected chi connectivity index (χ4v) is 2.11. The highest BCUT2D eigenvalue weighted by Gasteiger charge is 2.08. The summed E-state index contributed by atoms with van der Waals surface area (Å²) in [6.07, 6.45) is 4.03. The number of hydrogen-bond acceptors (Lipinski definition) is 3. The largest absolute Gasteiger partial charge is 0.508 e. The van der Waals surface area contributed by atoms with Crippen LogP contribution in [0.2, 0.25) is 0 Å². The number of phenolic OH excluding ortho intramolecular Hbond substituents is 1. The maximum Gasteiger partial charge on any atom is 0.150 e. The number of rotatable bonds is 2. The number of benzene rings is 2. The van der Waals surface area contributed by atoms with E-state index >= 15 is 0 Å². The Morgan fingerprint density at radius 2 is 2.00 bits per heavy atom. The second-order valence-corrected chi connectivity index (χ2v) is 4.10. The van der Waals surface area contributed by atoms with Gasteiger partial charge in [0.1, 0.15) is 12.0 Å². The lowest BCUT2D eigenvalue weighted by Crippen LogP contribution is -1.85. The predicted molar refractivity (Wildman–Crippen MR) is 68.7 cm³/mol. The molecule has 0 unspecified atom stereocenters. The highest BCUT2D eigenvalue weighted by Crippen LogP contribution is 2.32. The number of aldehydes is 1. The van der Waals surface area contributed by atoms with E-state index in [0.29, 0.717) is 5.56 Å². The van der Waals surface area contributed by atoms with Gasteiger partial charge in [-0.15, -0.1) is 0 Å². The fraction of sp³-hybridized carbons (Fsp3) is 0. The summed E-state index contributed by atoms with van der Waals surface area (Å²) in [7, 11) is 0. The topological polar surface area (TPSA) is 50.4 Å². The van der Waals surface area contributed by atoms with E-state index in [9.17, 15) is 9.90 Å². The van der Waals surface area contributed by atoms with E-state index < -0.39 is 0 Å². The Bertz CT molecular complexity index is 712. The number of furan rings is 1. The zero-order valence-electron chi connectivity index (χ0n) is 9.46. The molecule has 0 fully saturated rings. The van der Waals surface area contributed by atoms with E-state index in [1.807, 2.05) is 18.2 Å². The number of carbonyl (C=O) groups excluding carboxylic acids is 1. The maximum atomic E-state index is 11.0. The molecular formula is C15H10O3. The highest BCUT2D eigenvalue weighted by molar-refractivity contribution is 6.00. The zero-order chi connectivity index (χ0) is 12.5. The molecule has 3 heteroatoms. The Kier molecular flexibility index (Phi) is 2.38. The number of aromatic hydroxyl groups is 1. The molecule has 0 aliphatic carbocycles. The van der Waals surface area contributed by atoms with Gasteiger partial charge in [0.15, 0.2) is 0 Å². The Balaban J connectivity index is 2.38. The molecule has 3 nitrogen and oxygen atoms in total. The summed E-state index contributed by atoms with van der Waals surface area (Å²) in [4.78, 5) is 11.0. The van der Waals surface area contributed by atoms with Crippen molar-refractivity contribution in [3.63, 3.8) is 0 Å². The lowest BCUT2D eigenvalue weighted by molar-refractivity contribution is 0.112. The predicted octanol–water partition coefficient (Wildman–Crippen LogP) is 3.62. The van der Waals surface area contributed by atoms with Gasteiger partial charge in [0.2, 0.25) is 0 Å². The van der Waals surface area contributed by atoms with Crippen molar-refractivity contribution in [2.75, 3.05) is 0 Å². The number of hydrogen-bond donors (Lipinski definition) is 1. The Labute approximate surface area is 103 Å². The second kappa shape index (κ2) is 4.04. The van der Waals surface area contributed by atoms with Crippen LogP contribution in [0.15, 0.2) is 53.3 Å². The van der Waals surface area contributed by atoms with Crippen LogP contribution in [0.3, 0.4) is 0 Å². The molecule has 0 amide bonds. The monoisotopic (exact) mass is 238 g/mol. The van der Waals surface area contributed by atoms with Gasteiger partial charge in [-0.25, -0.2) is 0 Å². The third-order valence-corrected chi connectivity index (χ3v) is 2.93. The second-order valence-electron chi connectivity index (χ2n) is 4.10. The van der Waals surface area contributed by atoms with Crippen LogP contribution in [-0.4, -0.2) is 11.4 Å². The van der Waals surface area contributed by atoms with Gasteiger partial charge >= 0.3 is 0 Å². The summed E-state index contributed by atoms with van der Waals surface area (Å²) in [5.41, 5.74) is 2.40. The molecular weight excluding hydrogens is 228 g/mol. The van der Waals surface area contributed by atoms with Crippen molar-refractivity contribution in [1.29, 1.82) is 0 Å². The first-order chi connectivity index (χ1) is 8.78. The van der Waals surface area contributed by atoms with Crippen molar-refractivity contribution in [2.45, 2.75) is 0 Å². The van der Waals surface area contributed by atoms with Gasteiger partial charge in [0, 0.05) is 11.1 Å². The molecule has 0 aliphatic rings. The van der Waals surface area contributed by atoms with Gasteiger partial charge in [-0.2, -0.15) is 0 Å². The van der Waals surface area contributed by atoms with Gasteiger partial charge in [0.25, 0.3) is 0 Å². The van der Waals surface area contributed by atoms with Crippen LogP contribution in [0, 0.1) is 0 Å². The molecule has 0 spiro atoms. The minimum absolute atomic E-state index is 0.184. The summed E-state index contributed by atoms with van der Waals surface area (Å²) < 4.78 is 5.08. The van der Waals surface area contributed by atoms with E-state index in [1.54, 1.807) is 30.7 Å². The lowest BCUT2D eigenvalue weighted by Gasteiger charge is -2.06. The van der Waals surface area contributed by atoms with Crippen LogP contribution in [0.1, 0.15) is 10.4 Å². The third kappa shape index (κ3) is 1.66. The van der Waals surface area contributed by atoms with Crippen molar-refractivity contribution >= 4 is 17.1 Å². The summed E-state index contributed by atoms with van der Waals surface area (Å²) in [5, 5.41) is 11.3. The fourth-order valence-electron chi connectivity index (χ4n) is 2.11. The molecule has 1 heterocycles. The van der Waals surface area contributed by atoms with Crippen molar-refractivity contribution in [3.8, 4) is 16.9 Å². The SMILES string of the molecule is O=Cc1cc(-c2ccoc2)c2ccc(O)cc2c1. The normalized spacial score (nSPS) is 10.7. The molecule has 0 atom stereocenters. The lowest BCUT2D eigenvalue weighted by atomic mass is 9.97. The Morgan fingerprint density at radius 3 is 2.72 bits per heavy atom. The van der Waals surface area contributed by atoms with E-state index in [4.69, 9.17) is 4.42 Å². The van der Waals surface area contributed by atoms with E-state index in [2.05, 4.69) is 0 Å². The number of fused-ring (bicyclic) bond motifs is 1. The van der Waals surface area contributed by atoms with Gasteiger partial charge < -0.3 is 9.52 Å². The molecule has 0 saturated heterocycles. The minimum atomic E-state index is 0.184. The highest BCUT2D eigenvalue weighted by atomic mass is 16.3. The maximum absolute atomic E-state index is 11.0. The zero-order valence-corrected chi connectivity index (χ0v) is 9.46. The van der Waals surface area contributed by atoms with Crippen LogP contribution in [0.4, 0.5) is 0 Å². The molecule has 0 radical (unpaired) electrons. The third-order valence-electron chi connectivity index (χ3n) is 2.93. The number of carbonyl (C=O) groups is 1. The summed E-state index contributed by atoms with van der Waals surface area (Å²) >= 11 is 0. The summed E-state index contributed by atoms with van der Waals surface area (Å²) in [6.45, 7) is 0. The molecule has 0 aliphatic heterocycles. The average Bonchev–Trinajstić information content (AvgIpc) is 2.90. The van der Waals surface area contributed by atoms with Crippen LogP contribution in [-0.2, 0) is 0 Å². The standard InChI is InChI=1S/C15H10O3/c16-8-10-5-12-7-13(17)1-2-14(12)15(6-10)11-3-4-18-9-11/h1-9,17H. The molecule has 3 rings (SSSR count). The van der Waals surface area contributed by atoms with Crippen molar-refractivity contribution in [1.82, 2.24) is 0 Å². The van der Waals surface area contributed by atoms with Crippen LogP contribution < -0.4 is 0 Å². The molecule has 88 valence electrons. The van der Waals surface area contributed by atoms with Crippen molar-refractivity contribution < 1.29 is 14.3 Å². The van der Waals surface area contributed by atoms with Gasteiger partial charge in [-0.1, -0.05) is 6.07 Å². The first-order valence-corrected chi connectivity index (χ1v) is 5.52. The molecule has 3 aromatic rings. The summed E-state index contributed by atoms with van der Waals surface area (Å²) in [5.74, 6) is 0.184.